The Morgan fingerprint density at radius 2 is 2.14 bits per heavy atom. The molecule has 0 unspecified atom stereocenters. The first-order valence-electron chi connectivity index (χ1n) is 4.46. The number of rotatable bonds is 1. The van der Waals surface area contributed by atoms with Crippen LogP contribution in [0, 0.1) is 0 Å². The molecule has 3 amide bonds. The van der Waals surface area contributed by atoms with E-state index in [1.807, 2.05) is 0 Å². The minimum Gasteiger partial charge on any atom is -0.380 e. The third kappa shape index (κ3) is 3.51. The van der Waals surface area contributed by atoms with Crippen LogP contribution in [-0.2, 0) is 9.53 Å². The first-order chi connectivity index (χ1) is 6.74. The third-order valence-corrected chi connectivity index (χ3v) is 2.12. The fourth-order valence-electron chi connectivity index (χ4n) is 1.18. The van der Waals surface area contributed by atoms with E-state index < -0.39 is 5.91 Å². The van der Waals surface area contributed by atoms with Crippen LogP contribution >= 0.6 is 11.6 Å². The van der Waals surface area contributed by atoms with Gasteiger partial charge in [-0.05, 0) is 6.42 Å². The van der Waals surface area contributed by atoms with Gasteiger partial charge in [-0.3, -0.25) is 10.1 Å². The number of alkyl halides is 1. The Labute approximate surface area is 87.3 Å². The summed E-state index contributed by atoms with van der Waals surface area (Å²) in [7, 11) is 0. The SMILES string of the molecule is O=C(CCl)NC(=O)N1CCCOCC1. The van der Waals surface area contributed by atoms with Crippen LogP contribution in [-0.4, -0.2) is 49.0 Å². The van der Waals surface area contributed by atoms with Gasteiger partial charge >= 0.3 is 6.03 Å². The molecular weight excluding hydrogens is 208 g/mol. The Morgan fingerprint density at radius 3 is 2.86 bits per heavy atom. The van der Waals surface area contributed by atoms with Crippen LogP contribution in [0.15, 0.2) is 0 Å². The summed E-state index contributed by atoms with van der Waals surface area (Å²) in [6.45, 7) is 2.30. The first-order valence-corrected chi connectivity index (χ1v) is 5.00. The summed E-state index contributed by atoms with van der Waals surface area (Å²) >= 11 is 5.26. The number of hydrogen-bond donors (Lipinski definition) is 1. The minimum absolute atomic E-state index is 0.198. The highest BCUT2D eigenvalue weighted by Crippen LogP contribution is 1.99. The number of hydrogen-bond acceptors (Lipinski definition) is 3. The zero-order chi connectivity index (χ0) is 10.4. The molecule has 1 saturated heterocycles. The van der Waals surface area contributed by atoms with Crippen molar-refractivity contribution >= 4 is 23.5 Å². The van der Waals surface area contributed by atoms with Gasteiger partial charge in [0.25, 0.3) is 0 Å². The van der Waals surface area contributed by atoms with Crippen LogP contribution in [0.2, 0.25) is 0 Å². The van der Waals surface area contributed by atoms with Gasteiger partial charge < -0.3 is 9.64 Å². The van der Waals surface area contributed by atoms with Crippen LogP contribution in [0.5, 0.6) is 0 Å². The van der Waals surface area contributed by atoms with Gasteiger partial charge in [-0.25, -0.2) is 4.79 Å². The quantitative estimate of drug-likeness (QED) is 0.642. The lowest BCUT2D eigenvalue weighted by atomic mass is 10.4. The molecule has 0 saturated carbocycles. The molecule has 0 aromatic rings. The second kappa shape index (κ2) is 5.82. The molecule has 1 fully saturated rings. The normalized spacial score (nSPS) is 17.4. The molecule has 1 heterocycles. The number of imide groups is 1. The number of amides is 3. The van der Waals surface area contributed by atoms with Gasteiger partial charge in [0.2, 0.25) is 5.91 Å². The lowest BCUT2D eigenvalue weighted by molar-refractivity contribution is -0.117. The van der Waals surface area contributed by atoms with Crippen LogP contribution in [0.4, 0.5) is 4.79 Å². The molecule has 6 heteroatoms. The summed E-state index contributed by atoms with van der Waals surface area (Å²) in [5, 5.41) is 2.19. The van der Waals surface area contributed by atoms with Crippen LogP contribution in [0.3, 0.4) is 0 Å². The van der Waals surface area contributed by atoms with Crippen LogP contribution < -0.4 is 5.32 Å². The predicted molar refractivity (Wildman–Crippen MR) is 51.3 cm³/mol. The van der Waals surface area contributed by atoms with E-state index in [0.717, 1.165) is 6.42 Å². The largest absolute Gasteiger partial charge is 0.380 e. The van der Waals surface area contributed by atoms with Crippen molar-refractivity contribution in [1.29, 1.82) is 0 Å². The number of ether oxygens (including phenoxy) is 1. The maximum absolute atomic E-state index is 11.4. The van der Waals surface area contributed by atoms with E-state index in [0.29, 0.717) is 26.3 Å². The average Bonchev–Trinajstić information content (AvgIpc) is 2.45. The fourth-order valence-corrected chi connectivity index (χ4v) is 1.25. The van der Waals surface area contributed by atoms with E-state index in [-0.39, 0.29) is 11.9 Å². The van der Waals surface area contributed by atoms with Gasteiger partial charge in [-0.1, -0.05) is 0 Å². The molecule has 14 heavy (non-hydrogen) atoms. The summed E-state index contributed by atoms with van der Waals surface area (Å²) in [4.78, 5) is 23.8. The molecule has 0 aliphatic carbocycles. The summed E-state index contributed by atoms with van der Waals surface area (Å²) in [6.07, 6.45) is 0.794. The lowest BCUT2D eigenvalue weighted by Gasteiger charge is -2.18. The molecule has 1 rings (SSSR count). The van der Waals surface area contributed by atoms with E-state index in [9.17, 15) is 9.59 Å². The highest BCUT2D eigenvalue weighted by molar-refractivity contribution is 6.28. The Kier molecular flexibility index (Phi) is 4.69. The van der Waals surface area contributed by atoms with Gasteiger partial charge in [0.05, 0.1) is 6.61 Å². The Bertz CT molecular complexity index is 215. The number of nitrogens with zero attached hydrogens (tertiary/aromatic N) is 1. The maximum atomic E-state index is 11.4. The smallest absolute Gasteiger partial charge is 0.324 e. The number of urea groups is 1. The van der Waals surface area contributed by atoms with Crippen molar-refractivity contribution in [3.05, 3.63) is 0 Å². The van der Waals surface area contributed by atoms with E-state index in [4.69, 9.17) is 16.3 Å². The van der Waals surface area contributed by atoms with Crippen molar-refractivity contribution in [2.75, 3.05) is 32.2 Å². The molecule has 1 N–H and O–H groups in total. The zero-order valence-electron chi connectivity index (χ0n) is 7.79. The molecule has 0 radical (unpaired) electrons. The van der Waals surface area contributed by atoms with Crippen LogP contribution in [0.25, 0.3) is 0 Å². The Morgan fingerprint density at radius 1 is 1.36 bits per heavy atom. The number of nitrogens with one attached hydrogen (secondary N) is 1. The minimum atomic E-state index is -0.471. The van der Waals surface area contributed by atoms with Gasteiger partial charge in [0.1, 0.15) is 5.88 Å². The van der Waals surface area contributed by atoms with E-state index in [1.54, 1.807) is 4.90 Å². The number of carbonyl (C=O) groups is 2. The molecule has 5 nitrogen and oxygen atoms in total. The fraction of sp³-hybridized carbons (Fsp3) is 0.750. The maximum Gasteiger partial charge on any atom is 0.324 e. The summed E-state index contributed by atoms with van der Waals surface area (Å²) in [6, 6.07) is -0.388. The predicted octanol–water partition coefficient (Wildman–Crippen LogP) is 0.184. The van der Waals surface area contributed by atoms with Gasteiger partial charge in [0, 0.05) is 19.7 Å². The molecule has 1 aliphatic heterocycles. The Hall–Kier alpha value is -0.810. The highest BCUT2D eigenvalue weighted by Gasteiger charge is 2.16. The lowest BCUT2D eigenvalue weighted by Crippen LogP contribution is -2.44. The molecule has 0 spiro atoms. The molecule has 80 valence electrons. The van der Waals surface area contributed by atoms with E-state index in [1.165, 1.54) is 0 Å². The second-order valence-corrected chi connectivity index (χ2v) is 3.21. The Balaban J connectivity index is 2.38. The highest BCUT2D eigenvalue weighted by atomic mass is 35.5. The average molecular weight is 221 g/mol. The topological polar surface area (TPSA) is 58.6 Å². The molecule has 0 aromatic heterocycles. The third-order valence-electron chi connectivity index (χ3n) is 1.88. The number of carbonyl (C=O) groups excluding carboxylic acids is 2. The molecule has 0 aromatic carbocycles. The second-order valence-electron chi connectivity index (χ2n) is 2.94. The van der Waals surface area contributed by atoms with Crippen molar-refractivity contribution in [1.82, 2.24) is 10.2 Å². The first kappa shape index (κ1) is 11.3. The molecule has 0 bridgehead atoms. The van der Waals surface area contributed by atoms with Crippen molar-refractivity contribution < 1.29 is 14.3 Å². The summed E-state index contributed by atoms with van der Waals surface area (Å²) in [5.41, 5.74) is 0. The van der Waals surface area contributed by atoms with Gasteiger partial charge in [-0.2, -0.15) is 0 Å². The number of halogens is 1. The van der Waals surface area contributed by atoms with E-state index >= 15 is 0 Å². The molecule has 0 atom stereocenters. The summed E-state index contributed by atoms with van der Waals surface area (Å²) < 4.78 is 5.17. The standard InChI is InChI=1S/C8H13ClN2O3/c9-6-7(12)10-8(13)11-2-1-4-14-5-3-11/h1-6H2,(H,10,12,13). The van der Waals surface area contributed by atoms with Gasteiger partial charge in [-0.15, -0.1) is 11.6 Å². The van der Waals surface area contributed by atoms with Gasteiger partial charge in [0.15, 0.2) is 0 Å². The summed E-state index contributed by atoms with van der Waals surface area (Å²) in [5.74, 6) is -0.669. The molecule has 1 aliphatic rings. The van der Waals surface area contributed by atoms with E-state index in [2.05, 4.69) is 5.32 Å². The van der Waals surface area contributed by atoms with Crippen molar-refractivity contribution in [2.45, 2.75) is 6.42 Å². The zero-order valence-corrected chi connectivity index (χ0v) is 8.55. The van der Waals surface area contributed by atoms with Crippen molar-refractivity contribution in [3.63, 3.8) is 0 Å². The van der Waals surface area contributed by atoms with Crippen molar-refractivity contribution in [2.24, 2.45) is 0 Å². The monoisotopic (exact) mass is 220 g/mol. The van der Waals surface area contributed by atoms with Crippen molar-refractivity contribution in [3.8, 4) is 0 Å². The molecular formula is C8H13ClN2O3. The van der Waals surface area contributed by atoms with Crippen LogP contribution in [0.1, 0.15) is 6.42 Å².